The summed E-state index contributed by atoms with van der Waals surface area (Å²) in [5.41, 5.74) is 8.41. The minimum Gasteiger partial charge on any atom is -0.481 e. The first-order chi connectivity index (χ1) is 23.7. The Hall–Kier alpha value is -1.92. The van der Waals surface area contributed by atoms with E-state index in [1.165, 1.54) is 0 Å². The first-order valence-electron chi connectivity index (χ1n) is 17.6. The Kier molecular flexibility index (Phi) is 24.2. The summed E-state index contributed by atoms with van der Waals surface area (Å²) in [4.78, 5) is 57.0. The van der Waals surface area contributed by atoms with Crippen molar-refractivity contribution in [3.05, 3.63) is 0 Å². The van der Waals surface area contributed by atoms with Crippen molar-refractivity contribution in [3.63, 3.8) is 0 Å². The molecular formula is C34H65N5O9S3. The topological polar surface area (TPSA) is 232 Å². The molecule has 0 aromatic rings. The summed E-state index contributed by atoms with van der Waals surface area (Å²) in [6, 6.07) is 0.408. The molecule has 0 spiro atoms. The smallest absolute Gasteiger partial charge is 0.407 e. The van der Waals surface area contributed by atoms with Gasteiger partial charge in [-0.25, -0.2) is 9.59 Å². The van der Waals surface area contributed by atoms with Crippen LogP contribution in [0.15, 0.2) is 0 Å². The van der Waals surface area contributed by atoms with Crippen LogP contribution in [0.2, 0.25) is 0 Å². The zero-order valence-corrected chi connectivity index (χ0v) is 34.0. The first kappa shape index (κ1) is 49.1. The van der Waals surface area contributed by atoms with Crippen LogP contribution >= 0.6 is 34.2 Å². The summed E-state index contributed by atoms with van der Waals surface area (Å²) in [6.07, 6.45) is 4.11. The molecule has 17 heteroatoms. The Morgan fingerprint density at radius 1 is 0.784 bits per heavy atom. The summed E-state index contributed by atoms with van der Waals surface area (Å²) in [7, 11) is 3.58. The van der Waals surface area contributed by atoms with Gasteiger partial charge in [-0.3, -0.25) is 14.4 Å². The fourth-order valence-corrected chi connectivity index (χ4v) is 7.44. The van der Waals surface area contributed by atoms with Gasteiger partial charge in [0, 0.05) is 68.9 Å². The molecule has 0 atom stereocenters. The fraction of sp³-hybridized carbons (Fsp3) is 0.853. The third-order valence-corrected chi connectivity index (χ3v) is 10.7. The van der Waals surface area contributed by atoms with E-state index in [2.05, 4.69) is 28.6 Å². The van der Waals surface area contributed by atoms with Crippen LogP contribution in [0.25, 0.3) is 0 Å². The molecule has 2 fully saturated rings. The van der Waals surface area contributed by atoms with E-state index in [-0.39, 0.29) is 30.6 Å². The maximum Gasteiger partial charge on any atom is 0.407 e. The van der Waals surface area contributed by atoms with Gasteiger partial charge in [0.2, 0.25) is 0 Å². The van der Waals surface area contributed by atoms with Gasteiger partial charge in [-0.1, -0.05) is 21.6 Å². The quantitative estimate of drug-likeness (QED) is 0.0595. The van der Waals surface area contributed by atoms with Gasteiger partial charge in [0.1, 0.15) is 17.0 Å². The SMILES string of the molecule is CC(C)(C)OC(=O)NCC1(CC(=O)O)CCC(=O)CC1.CC(C)(C)OC(=O)NCC1(CC(=O)O)CCC(NCCS)CC1.NCCSSCCN. The molecule has 51 heavy (non-hydrogen) atoms. The Labute approximate surface area is 318 Å². The number of ketones is 1. The largest absolute Gasteiger partial charge is 0.481 e. The second kappa shape index (κ2) is 25.2. The van der Waals surface area contributed by atoms with Crippen molar-refractivity contribution < 1.29 is 43.7 Å². The van der Waals surface area contributed by atoms with Crippen LogP contribution in [0, 0.1) is 10.8 Å². The van der Waals surface area contributed by atoms with Crippen LogP contribution in [0.5, 0.6) is 0 Å². The van der Waals surface area contributed by atoms with Gasteiger partial charge < -0.3 is 47.1 Å². The van der Waals surface area contributed by atoms with Crippen LogP contribution in [0.3, 0.4) is 0 Å². The van der Waals surface area contributed by atoms with Gasteiger partial charge in [-0.05, 0) is 90.9 Å². The second-order valence-electron chi connectivity index (χ2n) is 15.1. The molecule has 0 saturated heterocycles. The lowest BCUT2D eigenvalue weighted by atomic mass is 9.70. The number of alkyl carbamates (subject to hydrolysis) is 2. The summed E-state index contributed by atoms with van der Waals surface area (Å²) in [6.45, 7) is 13.7. The lowest BCUT2D eigenvalue weighted by Crippen LogP contribution is -2.46. The van der Waals surface area contributed by atoms with Gasteiger partial charge >= 0.3 is 24.1 Å². The summed E-state index contributed by atoms with van der Waals surface area (Å²) >= 11 is 4.19. The highest BCUT2D eigenvalue weighted by molar-refractivity contribution is 8.76. The van der Waals surface area contributed by atoms with E-state index >= 15 is 0 Å². The minimum atomic E-state index is -0.912. The number of nitrogens with one attached hydrogen (secondary N) is 3. The number of rotatable bonds is 16. The molecule has 2 aliphatic carbocycles. The van der Waals surface area contributed by atoms with Crippen LogP contribution in [-0.4, -0.2) is 107 Å². The molecule has 2 saturated carbocycles. The Balaban J connectivity index is 0.000000815. The predicted molar refractivity (Wildman–Crippen MR) is 208 cm³/mol. The van der Waals surface area contributed by atoms with Crippen molar-refractivity contribution in [2.75, 3.05) is 50.0 Å². The van der Waals surface area contributed by atoms with E-state index < -0.39 is 40.7 Å². The number of carbonyl (C=O) groups is 5. The molecule has 2 aliphatic rings. The van der Waals surface area contributed by atoms with Gasteiger partial charge in [-0.15, -0.1) is 0 Å². The highest BCUT2D eigenvalue weighted by Crippen LogP contribution is 2.39. The molecule has 0 unspecified atom stereocenters. The van der Waals surface area contributed by atoms with Crippen molar-refractivity contribution in [3.8, 4) is 0 Å². The zero-order valence-electron chi connectivity index (χ0n) is 31.5. The number of thiol groups is 1. The van der Waals surface area contributed by atoms with Crippen molar-refractivity contribution >= 4 is 64.1 Å². The molecule has 0 bridgehead atoms. The predicted octanol–water partition coefficient (Wildman–Crippen LogP) is 4.83. The Morgan fingerprint density at radius 2 is 1.18 bits per heavy atom. The highest BCUT2D eigenvalue weighted by Gasteiger charge is 2.39. The molecule has 9 N–H and O–H groups in total. The average molecular weight is 784 g/mol. The van der Waals surface area contributed by atoms with Gasteiger partial charge in [0.15, 0.2) is 0 Å². The van der Waals surface area contributed by atoms with E-state index in [0.717, 1.165) is 62.6 Å². The van der Waals surface area contributed by atoms with Crippen molar-refractivity contribution in [2.45, 2.75) is 123 Å². The maximum absolute atomic E-state index is 11.8. The Morgan fingerprint density at radius 3 is 1.51 bits per heavy atom. The maximum atomic E-state index is 11.8. The van der Waals surface area contributed by atoms with Crippen LogP contribution in [0.4, 0.5) is 9.59 Å². The molecule has 0 heterocycles. The molecular weight excluding hydrogens is 719 g/mol. The minimum absolute atomic E-state index is 0.0456. The van der Waals surface area contributed by atoms with Gasteiger partial charge in [0.25, 0.3) is 0 Å². The molecule has 2 amide bonds. The standard InChI is InChI=1S/C16H30N2O4S.C14H23NO5.C4H12N2S2/c1-15(2,3)22-14(21)18-11-16(10-13(19)20)6-4-12(5-7-16)17-8-9-23;1-13(2,3)20-12(19)15-9-14(8-11(17)18)6-4-10(16)5-7-14;5-1-3-7-8-4-2-6/h12,17,23H,4-11H2,1-3H3,(H,18,21)(H,19,20);4-9H2,1-3H3,(H,15,19)(H,17,18);1-6H2. The number of nitrogens with two attached hydrogens (primary N) is 2. The summed E-state index contributed by atoms with van der Waals surface area (Å²) < 4.78 is 10.4. The van der Waals surface area contributed by atoms with E-state index in [9.17, 15) is 29.1 Å². The number of carbonyl (C=O) groups excluding carboxylic acids is 3. The monoisotopic (exact) mass is 783 g/mol. The first-order valence-corrected chi connectivity index (χ1v) is 20.7. The number of Topliss-reactive ketones (excluding diaryl/α,β-unsaturated/α-hetero) is 1. The number of amides is 2. The lowest BCUT2D eigenvalue weighted by molar-refractivity contribution is -0.142. The van der Waals surface area contributed by atoms with E-state index in [1.54, 1.807) is 63.1 Å². The average Bonchev–Trinajstić information content (AvgIpc) is 3.01. The fourth-order valence-electron chi connectivity index (χ4n) is 5.60. The molecule has 2 rings (SSSR count). The number of ether oxygens (including phenoxy) is 2. The normalized spacial score (nSPS) is 20.0. The van der Waals surface area contributed by atoms with Gasteiger partial charge in [-0.2, -0.15) is 12.6 Å². The second-order valence-corrected chi connectivity index (χ2v) is 18.2. The number of hydrogen-bond acceptors (Lipinski definition) is 13. The molecule has 0 aromatic heterocycles. The molecule has 0 radical (unpaired) electrons. The van der Waals surface area contributed by atoms with Crippen LogP contribution in [-0.2, 0) is 23.9 Å². The van der Waals surface area contributed by atoms with E-state index in [1.807, 2.05) is 0 Å². The lowest BCUT2D eigenvalue weighted by Gasteiger charge is -2.39. The van der Waals surface area contributed by atoms with Crippen molar-refractivity contribution in [1.82, 2.24) is 16.0 Å². The van der Waals surface area contributed by atoms with Crippen LogP contribution in [0.1, 0.15) is 106 Å². The van der Waals surface area contributed by atoms with E-state index in [0.29, 0.717) is 38.3 Å². The number of carboxylic acids is 2. The summed E-state index contributed by atoms with van der Waals surface area (Å²) in [5.74, 6) is 1.28. The molecule has 14 nitrogen and oxygen atoms in total. The Bertz CT molecular complexity index is 1050. The summed E-state index contributed by atoms with van der Waals surface area (Å²) in [5, 5.41) is 27.1. The highest BCUT2D eigenvalue weighted by atomic mass is 33.1. The van der Waals surface area contributed by atoms with Crippen molar-refractivity contribution in [2.24, 2.45) is 22.3 Å². The third kappa shape index (κ3) is 25.7. The van der Waals surface area contributed by atoms with Crippen LogP contribution < -0.4 is 27.4 Å². The van der Waals surface area contributed by atoms with E-state index in [4.69, 9.17) is 26.0 Å². The number of hydrogen-bond donors (Lipinski definition) is 8. The molecule has 298 valence electrons. The molecule has 0 aromatic carbocycles. The number of aliphatic carboxylic acids is 2. The zero-order chi connectivity index (χ0) is 39.1. The third-order valence-electron chi connectivity index (χ3n) is 8.01. The number of carboxylic acid groups (broad SMARTS) is 2. The van der Waals surface area contributed by atoms with Crippen molar-refractivity contribution in [1.29, 1.82) is 0 Å². The molecule has 0 aliphatic heterocycles. The van der Waals surface area contributed by atoms with Gasteiger partial charge in [0.05, 0.1) is 12.8 Å².